The summed E-state index contributed by atoms with van der Waals surface area (Å²) in [4.78, 5) is 14.3. The third kappa shape index (κ3) is 3.54. The van der Waals surface area contributed by atoms with Crippen molar-refractivity contribution in [2.75, 3.05) is 32.0 Å². The number of carbonyl (C=O) groups is 1. The molecule has 0 saturated carbocycles. The summed E-state index contributed by atoms with van der Waals surface area (Å²) in [6, 6.07) is 6.32. The highest BCUT2D eigenvalue weighted by atomic mass is 16.5. The second-order valence-electron chi connectivity index (χ2n) is 5.90. The third-order valence-corrected chi connectivity index (χ3v) is 4.33. The minimum atomic E-state index is 0.120. The van der Waals surface area contributed by atoms with Gasteiger partial charge in [-0.15, -0.1) is 0 Å². The summed E-state index contributed by atoms with van der Waals surface area (Å²) in [7, 11) is 0. The Morgan fingerprint density at radius 3 is 3.00 bits per heavy atom. The summed E-state index contributed by atoms with van der Waals surface area (Å²) in [5.74, 6) is 0.120. The lowest BCUT2D eigenvalue weighted by atomic mass is 9.98. The Kier molecular flexibility index (Phi) is 4.41. The maximum absolute atomic E-state index is 12.1. The number of hydrogen-bond donors (Lipinski definition) is 2. The number of benzene rings is 1. The van der Waals surface area contributed by atoms with Crippen LogP contribution in [0.4, 0.5) is 5.69 Å². The van der Waals surface area contributed by atoms with Gasteiger partial charge >= 0.3 is 0 Å². The van der Waals surface area contributed by atoms with Gasteiger partial charge in [0.15, 0.2) is 0 Å². The molecule has 0 spiro atoms. The molecule has 2 aliphatic heterocycles. The molecule has 2 aliphatic rings. The SMILES string of the molecule is Nc1cccc2c1CCN(CC(=O)NC1CCOCC1)C2. The van der Waals surface area contributed by atoms with Gasteiger partial charge in [-0.2, -0.15) is 0 Å². The quantitative estimate of drug-likeness (QED) is 0.812. The molecular formula is C16H23N3O2. The number of anilines is 1. The molecule has 5 heteroatoms. The van der Waals surface area contributed by atoms with E-state index in [0.717, 1.165) is 51.3 Å². The second-order valence-corrected chi connectivity index (χ2v) is 5.90. The summed E-state index contributed by atoms with van der Waals surface area (Å²) in [5, 5.41) is 3.12. The molecule has 114 valence electrons. The van der Waals surface area contributed by atoms with E-state index in [0.29, 0.717) is 6.54 Å². The molecule has 1 amide bonds. The summed E-state index contributed by atoms with van der Waals surface area (Å²) >= 11 is 0. The Hall–Kier alpha value is -1.59. The summed E-state index contributed by atoms with van der Waals surface area (Å²) < 4.78 is 5.31. The molecule has 2 heterocycles. The third-order valence-electron chi connectivity index (χ3n) is 4.33. The molecule has 5 nitrogen and oxygen atoms in total. The minimum Gasteiger partial charge on any atom is -0.398 e. The largest absolute Gasteiger partial charge is 0.398 e. The molecule has 1 aromatic rings. The van der Waals surface area contributed by atoms with Gasteiger partial charge in [0.05, 0.1) is 6.54 Å². The Bertz CT molecular complexity index is 512. The van der Waals surface area contributed by atoms with Crippen LogP contribution in [0.25, 0.3) is 0 Å². The summed E-state index contributed by atoms with van der Waals surface area (Å²) in [6.07, 6.45) is 2.77. The Labute approximate surface area is 125 Å². The number of nitrogens with zero attached hydrogens (tertiary/aromatic N) is 1. The van der Waals surface area contributed by atoms with Crippen molar-refractivity contribution in [1.82, 2.24) is 10.2 Å². The van der Waals surface area contributed by atoms with E-state index in [4.69, 9.17) is 10.5 Å². The van der Waals surface area contributed by atoms with Gasteiger partial charge in [-0.1, -0.05) is 12.1 Å². The van der Waals surface area contributed by atoms with Crippen LogP contribution in [0.15, 0.2) is 18.2 Å². The summed E-state index contributed by atoms with van der Waals surface area (Å²) in [6.45, 7) is 3.66. The van der Waals surface area contributed by atoms with Crippen LogP contribution in [0.3, 0.4) is 0 Å². The van der Waals surface area contributed by atoms with Crippen molar-refractivity contribution in [1.29, 1.82) is 0 Å². The Morgan fingerprint density at radius 2 is 2.19 bits per heavy atom. The van der Waals surface area contributed by atoms with E-state index >= 15 is 0 Å². The molecular weight excluding hydrogens is 266 g/mol. The van der Waals surface area contributed by atoms with Crippen LogP contribution < -0.4 is 11.1 Å². The van der Waals surface area contributed by atoms with Gasteiger partial charge in [0.25, 0.3) is 0 Å². The highest BCUT2D eigenvalue weighted by molar-refractivity contribution is 5.78. The molecule has 1 fully saturated rings. The van der Waals surface area contributed by atoms with E-state index in [2.05, 4.69) is 16.3 Å². The van der Waals surface area contributed by atoms with Crippen LogP contribution in [0.5, 0.6) is 0 Å². The van der Waals surface area contributed by atoms with Crippen LogP contribution in [0, 0.1) is 0 Å². The fourth-order valence-electron chi connectivity index (χ4n) is 3.15. The van der Waals surface area contributed by atoms with E-state index in [1.165, 1.54) is 11.1 Å². The number of hydrogen-bond acceptors (Lipinski definition) is 4. The molecule has 1 saturated heterocycles. The maximum Gasteiger partial charge on any atom is 0.234 e. The predicted octanol–water partition coefficient (Wildman–Crippen LogP) is 0.922. The summed E-state index contributed by atoms with van der Waals surface area (Å²) in [5.41, 5.74) is 9.37. The van der Waals surface area contributed by atoms with Crippen molar-refractivity contribution >= 4 is 11.6 Å². The molecule has 3 rings (SSSR count). The van der Waals surface area contributed by atoms with Gasteiger partial charge in [-0.25, -0.2) is 0 Å². The number of carbonyl (C=O) groups excluding carboxylic acids is 1. The number of nitrogens with two attached hydrogens (primary N) is 1. The molecule has 1 aromatic carbocycles. The predicted molar refractivity (Wildman–Crippen MR) is 81.8 cm³/mol. The first-order valence-corrected chi connectivity index (χ1v) is 7.68. The van der Waals surface area contributed by atoms with Crippen molar-refractivity contribution in [3.63, 3.8) is 0 Å². The fourth-order valence-corrected chi connectivity index (χ4v) is 3.15. The first-order chi connectivity index (χ1) is 10.2. The normalized spacial score (nSPS) is 20.0. The van der Waals surface area contributed by atoms with E-state index in [-0.39, 0.29) is 11.9 Å². The van der Waals surface area contributed by atoms with Crippen LogP contribution in [0.2, 0.25) is 0 Å². The average Bonchev–Trinajstić information content (AvgIpc) is 2.48. The standard InChI is InChI=1S/C16H23N3O2/c17-15-3-1-2-12-10-19(7-4-14(12)15)11-16(20)18-13-5-8-21-9-6-13/h1-3,13H,4-11,17H2,(H,18,20). The Morgan fingerprint density at radius 1 is 1.38 bits per heavy atom. The lowest BCUT2D eigenvalue weighted by Crippen LogP contribution is -2.45. The zero-order chi connectivity index (χ0) is 14.7. The van der Waals surface area contributed by atoms with E-state index in [1.54, 1.807) is 0 Å². The molecule has 0 aromatic heterocycles. The van der Waals surface area contributed by atoms with Crippen molar-refractivity contribution < 1.29 is 9.53 Å². The van der Waals surface area contributed by atoms with Crippen molar-refractivity contribution in [3.8, 4) is 0 Å². The maximum atomic E-state index is 12.1. The van der Waals surface area contributed by atoms with Gasteiger partial charge < -0.3 is 15.8 Å². The average molecular weight is 289 g/mol. The van der Waals surface area contributed by atoms with Crippen molar-refractivity contribution in [2.45, 2.75) is 31.8 Å². The number of nitrogen functional groups attached to an aromatic ring is 1. The zero-order valence-electron chi connectivity index (χ0n) is 12.3. The topological polar surface area (TPSA) is 67.6 Å². The molecule has 0 unspecified atom stereocenters. The molecule has 0 radical (unpaired) electrons. The van der Waals surface area contributed by atoms with Gasteiger partial charge in [-0.3, -0.25) is 9.69 Å². The number of fused-ring (bicyclic) bond motifs is 1. The highest BCUT2D eigenvalue weighted by Crippen LogP contribution is 2.23. The minimum absolute atomic E-state index is 0.120. The van der Waals surface area contributed by atoms with Crippen LogP contribution in [-0.4, -0.2) is 43.2 Å². The number of rotatable bonds is 3. The molecule has 0 aliphatic carbocycles. The first-order valence-electron chi connectivity index (χ1n) is 7.68. The lowest BCUT2D eigenvalue weighted by Gasteiger charge is -2.30. The molecule has 3 N–H and O–H groups in total. The smallest absolute Gasteiger partial charge is 0.234 e. The number of nitrogens with one attached hydrogen (secondary N) is 1. The molecule has 21 heavy (non-hydrogen) atoms. The molecule has 0 atom stereocenters. The van der Waals surface area contributed by atoms with Crippen LogP contribution >= 0.6 is 0 Å². The van der Waals surface area contributed by atoms with Gasteiger partial charge in [0, 0.05) is 38.0 Å². The number of amides is 1. The van der Waals surface area contributed by atoms with Crippen molar-refractivity contribution in [2.24, 2.45) is 0 Å². The first kappa shape index (κ1) is 14.4. The van der Waals surface area contributed by atoms with Gasteiger partial charge in [-0.05, 0) is 36.5 Å². The van der Waals surface area contributed by atoms with Gasteiger partial charge in [0.2, 0.25) is 5.91 Å². The van der Waals surface area contributed by atoms with Crippen LogP contribution in [-0.2, 0) is 22.5 Å². The Balaban J connectivity index is 1.53. The second kappa shape index (κ2) is 6.45. The highest BCUT2D eigenvalue weighted by Gasteiger charge is 2.21. The fraction of sp³-hybridized carbons (Fsp3) is 0.562. The van der Waals surface area contributed by atoms with Crippen molar-refractivity contribution in [3.05, 3.63) is 29.3 Å². The van der Waals surface area contributed by atoms with E-state index in [1.807, 2.05) is 12.1 Å². The molecule has 0 bridgehead atoms. The van der Waals surface area contributed by atoms with Crippen LogP contribution in [0.1, 0.15) is 24.0 Å². The van der Waals surface area contributed by atoms with Gasteiger partial charge in [0.1, 0.15) is 0 Å². The number of ether oxygens (including phenoxy) is 1. The zero-order valence-corrected chi connectivity index (χ0v) is 12.3. The lowest BCUT2D eigenvalue weighted by molar-refractivity contribution is -0.123. The van der Waals surface area contributed by atoms with E-state index < -0.39 is 0 Å². The monoisotopic (exact) mass is 289 g/mol. The van der Waals surface area contributed by atoms with E-state index in [9.17, 15) is 4.79 Å².